The number of esters is 2. The molecule has 0 fully saturated rings. The first-order valence-electron chi connectivity index (χ1n) is 46.7. The fourth-order valence-corrected chi connectivity index (χ4v) is 17.2. The number of carbonyl (C=O) groups is 5. The molecule has 25 nitrogen and oxygen atoms in total. The molecule has 0 aliphatic carbocycles. The van der Waals surface area contributed by atoms with Gasteiger partial charge in [0.05, 0.1) is 101 Å². The highest BCUT2D eigenvalue weighted by Crippen LogP contribution is 2.29. The maximum Gasteiger partial charge on any atom is 0.339 e. The Kier molecular flexibility index (Phi) is 48.3. The van der Waals surface area contributed by atoms with Gasteiger partial charge in [-0.1, -0.05) is 317 Å². The number of benzene rings is 6. The van der Waals surface area contributed by atoms with Crippen LogP contribution in [0.25, 0.3) is 33.1 Å². The predicted molar refractivity (Wildman–Crippen MR) is 518 cm³/mol. The van der Waals surface area contributed by atoms with E-state index in [-0.39, 0.29) is 16.5 Å². The lowest BCUT2D eigenvalue weighted by atomic mass is 10.0. The summed E-state index contributed by atoms with van der Waals surface area (Å²) in [6, 6.07) is 36.1. The number of hydrogen-bond acceptors (Lipinski definition) is 12. The number of aryl methyl sites for hydroxylation is 6. The number of fused-ring (bicyclic) bond motifs is 3. The van der Waals surface area contributed by atoms with Crippen molar-refractivity contribution in [1.82, 2.24) is 43.7 Å². The number of amides is 6. The molecule has 9 rings (SSSR count). The average Bonchev–Trinajstić information content (AvgIpc) is 1.64. The number of urea groups is 3. The minimum atomic E-state index is -3.53. The number of imidazole rings is 3. The summed E-state index contributed by atoms with van der Waals surface area (Å²) in [4.78, 5) is 63.1. The standard InChI is InChI=1S/C34H53ClN6O3S.C33H48ClN5O3.C30H42ClN5O3/c1-4-7-8-9-10-11-12-13-14-15-16-17-18-21-26-45(43,44)39-28-24-25-29(35)30(27-28)36-33(42)37-38-34-40(5-2)31-22-19-20-23-32(31)41(34)6-3;1-4-5-6-7-8-9-10-11-12-13-14-15-16-19-24-42-31(40)26-22-23-27(34)28(25-26)35-32(41)36-37-33-38(2)29-20-17-18-21-30(29)39(33)3;1-4-6-7-8-9-10-11-12-13-16-21-39-28(37)23-19-20-24(31)25(22-23)32-29(38)33-34-30-35(3)26-17-14-15-18-27(26)36(30)5-2/h19-20,22-25,27,39H,4-18,21,26H2,1-3H3,(H2,36,37,42);17-18,20-23,25H,4-16,19,24H2,1-3H3,(H2,35,36,41);14-15,17-20,22H,4-13,16,21H2,1-3H3,(H2,32,33,38). The Labute approximate surface area is 763 Å². The molecule has 0 bridgehead atoms. The SMILES string of the molecule is CCCCCCCCCCCCCCCCOC(=O)c1ccc(Cl)c(NC(=O)NN=c2n(C)c3ccccc3n2C)c1.CCCCCCCCCCCCCCCCS(=O)(=O)Nc1ccc(Cl)c(NC(=O)NN=c2n(CC)c3ccccc3n2CC)c1.CCCCCCCCCCCCOC(=O)c1ccc(Cl)c(NC(=O)NN=c2n(C)c3ccccc3n2CC)c1. The van der Waals surface area contributed by atoms with Gasteiger partial charge in [-0.05, 0) is 131 Å². The third-order valence-corrected chi connectivity index (χ3v) is 24.9. The maximum atomic E-state index is 12.8. The van der Waals surface area contributed by atoms with Crippen LogP contribution in [0.15, 0.2) is 143 Å². The second-order valence-corrected chi connectivity index (χ2v) is 35.5. The van der Waals surface area contributed by atoms with Crippen LogP contribution in [-0.4, -0.2) is 84.8 Å². The van der Waals surface area contributed by atoms with E-state index in [1.54, 1.807) is 36.4 Å². The van der Waals surface area contributed by atoms with Crippen molar-refractivity contribution in [2.45, 2.75) is 305 Å². The van der Waals surface area contributed by atoms with Gasteiger partial charge < -0.3 is 52.8 Å². The molecular weight excluding hydrogens is 1670 g/mol. The van der Waals surface area contributed by atoms with Crippen LogP contribution in [-0.2, 0) is 60.3 Å². The number of para-hydroxylation sites is 6. The number of carbonyl (C=O) groups excluding carboxylic acids is 5. The second kappa shape index (κ2) is 58.8. The predicted octanol–water partition coefficient (Wildman–Crippen LogP) is 24.8. The molecule has 29 heteroatoms. The van der Waals surface area contributed by atoms with E-state index in [1.165, 1.54) is 204 Å². The zero-order valence-corrected chi connectivity index (χ0v) is 79.6. The Balaban J connectivity index is 0.000000260. The van der Waals surface area contributed by atoms with Gasteiger partial charge in [0.15, 0.2) is 0 Å². The van der Waals surface area contributed by atoms with E-state index in [4.69, 9.17) is 44.3 Å². The Bertz CT molecular complexity index is 5080. The molecular formula is C97H143Cl3N16O9S. The summed E-state index contributed by atoms with van der Waals surface area (Å²) in [7, 11) is 2.13. The van der Waals surface area contributed by atoms with Crippen molar-refractivity contribution in [3.8, 4) is 0 Å². The van der Waals surface area contributed by atoms with Gasteiger partial charge in [-0.15, -0.1) is 15.3 Å². The molecule has 0 saturated heterocycles. The normalized spacial score (nSPS) is 11.4. The number of unbranched alkanes of at least 4 members (excludes halogenated alkanes) is 35. The lowest BCUT2D eigenvalue weighted by Gasteiger charge is -2.12. The third-order valence-electron chi connectivity index (χ3n) is 22.6. The zero-order valence-electron chi connectivity index (χ0n) is 76.5. The Morgan fingerprint density at radius 1 is 0.325 bits per heavy atom. The van der Waals surface area contributed by atoms with Crippen molar-refractivity contribution < 1.29 is 41.9 Å². The van der Waals surface area contributed by atoms with Crippen molar-refractivity contribution >= 4 is 131 Å². The molecule has 6 aromatic carbocycles. The first kappa shape index (κ1) is 104. The van der Waals surface area contributed by atoms with E-state index in [0.29, 0.717) is 94.4 Å². The highest BCUT2D eigenvalue weighted by Gasteiger charge is 2.19. The number of hydrogen-bond donors (Lipinski definition) is 7. The Morgan fingerprint density at radius 2 is 0.595 bits per heavy atom. The van der Waals surface area contributed by atoms with E-state index in [2.05, 4.69) is 73.0 Å². The molecule has 0 spiro atoms. The van der Waals surface area contributed by atoms with Crippen LogP contribution in [0, 0.1) is 0 Å². The van der Waals surface area contributed by atoms with Gasteiger partial charge in [-0.25, -0.2) is 48.7 Å². The quantitative estimate of drug-likeness (QED) is 0.0108. The van der Waals surface area contributed by atoms with E-state index in [1.807, 2.05) is 142 Å². The smallest absolute Gasteiger partial charge is 0.339 e. The molecule has 0 aliphatic heterocycles. The van der Waals surface area contributed by atoms with Crippen molar-refractivity contribution in [2.24, 2.45) is 36.4 Å². The molecule has 0 atom stereocenters. The molecule has 0 unspecified atom stereocenters. The molecule has 692 valence electrons. The first-order valence-corrected chi connectivity index (χ1v) is 49.4. The molecule has 9 aromatic rings. The van der Waals surface area contributed by atoms with Gasteiger partial charge in [-0.2, -0.15) is 0 Å². The number of nitrogens with one attached hydrogen (secondary N) is 7. The van der Waals surface area contributed by atoms with Crippen molar-refractivity contribution in [1.29, 1.82) is 0 Å². The minimum Gasteiger partial charge on any atom is -0.462 e. The number of aromatic nitrogens is 6. The molecule has 0 aliphatic rings. The van der Waals surface area contributed by atoms with Crippen LogP contribution in [0.2, 0.25) is 15.1 Å². The lowest BCUT2D eigenvalue weighted by molar-refractivity contribution is 0.0488. The fourth-order valence-electron chi connectivity index (χ4n) is 15.5. The van der Waals surface area contributed by atoms with Crippen LogP contribution in [0.3, 0.4) is 0 Å². The highest BCUT2D eigenvalue weighted by atomic mass is 35.5. The Morgan fingerprint density at radius 3 is 0.944 bits per heavy atom. The van der Waals surface area contributed by atoms with Crippen LogP contribution in [0.5, 0.6) is 0 Å². The van der Waals surface area contributed by atoms with Gasteiger partial charge in [0.2, 0.25) is 26.9 Å². The number of rotatable bonds is 54. The third kappa shape index (κ3) is 35.6. The molecule has 3 aromatic heterocycles. The van der Waals surface area contributed by atoms with E-state index < -0.39 is 40.1 Å². The Hall–Kier alpha value is -9.50. The molecule has 0 saturated carbocycles. The van der Waals surface area contributed by atoms with Crippen LogP contribution < -0.4 is 53.8 Å². The van der Waals surface area contributed by atoms with Crippen LogP contribution in [0.1, 0.15) is 306 Å². The molecule has 0 radical (unpaired) electrons. The summed E-state index contributed by atoms with van der Waals surface area (Å²) < 4.78 is 50.7. The van der Waals surface area contributed by atoms with Gasteiger partial charge >= 0.3 is 30.0 Å². The summed E-state index contributed by atoms with van der Waals surface area (Å²) in [5.41, 5.74) is 17.3. The van der Waals surface area contributed by atoms with Crippen LogP contribution >= 0.6 is 34.8 Å². The lowest BCUT2D eigenvalue weighted by Crippen LogP contribution is -2.32. The van der Waals surface area contributed by atoms with Gasteiger partial charge in [0.1, 0.15) is 0 Å². The van der Waals surface area contributed by atoms with E-state index in [9.17, 15) is 32.4 Å². The summed E-state index contributed by atoms with van der Waals surface area (Å²) >= 11 is 18.9. The van der Waals surface area contributed by atoms with E-state index >= 15 is 0 Å². The summed E-state index contributed by atoms with van der Waals surface area (Å²) in [5.74, 6) is -0.814. The number of nitrogens with zero attached hydrogens (tertiary/aromatic N) is 9. The average molecular weight is 1820 g/mol. The summed E-state index contributed by atoms with van der Waals surface area (Å²) in [6.07, 6.45) is 47.1. The molecule has 126 heavy (non-hydrogen) atoms. The number of anilines is 4. The molecule has 3 heterocycles. The van der Waals surface area contributed by atoms with Crippen molar-refractivity contribution in [2.75, 3.05) is 39.6 Å². The van der Waals surface area contributed by atoms with Gasteiger partial charge in [0.25, 0.3) is 0 Å². The van der Waals surface area contributed by atoms with Gasteiger partial charge in [-0.3, -0.25) is 4.72 Å². The largest absolute Gasteiger partial charge is 0.462 e. The fraction of sp³-hybridized carbons (Fsp3) is 0.546. The highest BCUT2D eigenvalue weighted by molar-refractivity contribution is 7.92. The van der Waals surface area contributed by atoms with Gasteiger partial charge in [0, 0.05) is 40.8 Å². The topological polar surface area (TPSA) is 289 Å². The van der Waals surface area contributed by atoms with E-state index in [0.717, 1.165) is 84.5 Å². The number of halogens is 3. The summed E-state index contributed by atoms with van der Waals surface area (Å²) in [6.45, 7) is 15.6. The van der Waals surface area contributed by atoms with Crippen LogP contribution in [0.4, 0.5) is 37.1 Å². The van der Waals surface area contributed by atoms with Crippen molar-refractivity contribution in [3.05, 3.63) is 170 Å². The number of ether oxygens (including phenoxy) is 2. The number of sulfonamides is 1. The minimum absolute atomic E-state index is 0.0542. The summed E-state index contributed by atoms with van der Waals surface area (Å²) in [5, 5.41) is 21.9. The molecule has 7 N–H and O–H groups in total. The first-order chi connectivity index (χ1) is 61.2. The second-order valence-electron chi connectivity index (χ2n) is 32.5. The molecule has 6 amide bonds. The maximum absolute atomic E-state index is 12.8. The zero-order chi connectivity index (χ0) is 90.7. The monoisotopic (exact) mass is 1810 g/mol. The van der Waals surface area contributed by atoms with Crippen molar-refractivity contribution in [3.63, 3.8) is 0 Å².